The Morgan fingerprint density at radius 1 is 1.25 bits per heavy atom. The summed E-state index contributed by atoms with van der Waals surface area (Å²) in [6.45, 7) is 19.8. The molecule has 0 radical (unpaired) electrons. The van der Waals surface area contributed by atoms with Crippen molar-refractivity contribution >= 4 is 0 Å². The van der Waals surface area contributed by atoms with E-state index in [0.717, 1.165) is 17.8 Å². The molecule has 5 atom stereocenters. The number of allylic oxidation sites excluding steroid dienone is 2. The molecule has 0 aromatic heterocycles. The molecule has 0 aromatic rings. The van der Waals surface area contributed by atoms with Crippen molar-refractivity contribution in [1.82, 2.24) is 0 Å². The third kappa shape index (κ3) is 1.93. The van der Waals surface area contributed by atoms with Crippen LogP contribution in [0, 0.1) is 34.0 Å². The SMILES string of the molecule is CCCCC(C)C1(C)C=C(C)C2(C)CC(C)C2C1(C)C. The number of rotatable bonds is 4. The van der Waals surface area contributed by atoms with E-state index in [2.05, 4.69) is 61.5 Å². The Bertz CT molecular complexity index is 402. The molecule has 0 heteroatoms. The highest BCUT2D eigenvalue weighted by Gasteiger charge is 2.63. The van der Waals surface area contributed by atoms with Crippen molar-refractivity contribution in [2.24, 2.45) is 34.0 Å². The Labute approximate surface area is 127 Å². The lowest BCUT2D eigenvalue weighted by atomic mass is 9.36. The maximum Gasteiger partial charge on any atom is -0.00639 e. The van der Waals surface area contributed by atoms with Gasteiger partial charge >= 0.3 is 0 Å². The summed E-state index contributed by atoms with van der Waals surface area (Å²) < 4.78 is 0. The summed E-state index contributed by atoms with van der Waals surface area (Å²) >= 11 is 0. The van der Waals surface area contributed by atoms with Crippen LogP contribution in [0.5, 0.6) is 0 Å². The second kappa shape index (κ2) is 4.89. The molecule has 5 unspecified atom stereocenters. The largest absolute Gasteiger partial charge is 0.0783 e. The van der Waals surface area contributed by atoms with Crippen LogP contribution >= 0.6 is 0 Å². The molecule has 0 aromatic carbocycles. The van der Waals surface area contributed by atoms with Gasteiger partial charge in [-0.3, -0.25) is 0 Å². The number of unbranched alkanes of at least 4 members (excludes halogenated alkanes) is 1. The smallest absolute Gasteiger partial charge is 0.00639 e. The first-order valence-electron chi connectivity index (χ1n) is 8.81. The van der Waals surface area contributed by atoms with Gasteiger partial charge in [0.1, 0.15) is 0 Å². The van der Waals surface area contributed by atoms with Crippen molar-refractivity contribution in [3.63, 3.8) is 0 Å². The fourth-order valence-electron chi connectivity index (χ4n) is 6.02. The highest BCUT2D eigenvalue weighted by atomic mass is 14.7. The summed E-state index contributed by atoms with van der Waals surface area (Å²) in [5.41, 5.74) is 2.91. The molecule has 0 nitrogen and oxygen atoms in total. The first-order chi connectivity index (χ1) is 9.11. The lowest BCUT2D eigenvalue weighted by Crippen LogP contribution is -2.61. The maximum absolute atomic E-state index is 2.68. The Morgan fingerprint density at radius 3 is 2.35 bits per heavy atom. The Kier molecular flexibility index (Phi) is 3.94. The standard InChI is InChI=1S/C20H36/c1-9-10-11-15(3)20(8)13-16(4)19(7)12-14(2)17(19)18(20,5)6/h13-15,17H,9-12H2,1-8H3. The summed E-state index contributed by atoms with van der Waals surface area (Å²) in [7, 11) is 0. The van der Waals surface area contributed by atoms with Crippen LogP contribution in [-0.2, 0) is 0 Å². The van der Waals surface area contributed by atoms with E-state index >= 15 is 0 Å². The Hall–Kier alpha value is -0.260. The van der Waals surface area contributed by atoms with E-state index in [1.54, 1.807) is 5.57 Å². The molecule has 0 heterocycles. The van der Waals surface area contributed by atoms with E-state index in [1.807, 2.05) is 0 Å². The van der Waals surface area contributed by atoms with Crippen molar-refractivity contribution in [2.75, 3.05) is 0 Å². The zero-order chi connectivity index (χ0) is 15.3. The van der Waals surface area contributed by atoms with Crippen LogP contribution in [0.2, 0.25) is 0 Å². The summed E-state index contributed by atoms with van der Waals surface area (Å²) in [4.78, 5) is 0. The molecule has 0 spiro atoms. The molecule has 0 amide bonds. The van der Waals surface area contributed by atoms with Crippen LogP contribution in [-0.4, -0.2) is 0 Å². The average Bonchev–Trinajstić information content (AvgIpc) is 2.32. The summed E-state index contributed by atoms with van der Waals surface area (Å²) in [5.74, 6) is 2.52. The second-order valence-corrected chi connectivity index (χ2v) is 8.95. The minimum atomic E-state index is 0.352. The Balaban J connectivity index is 2.40. The van der Waals surface area contributed by atoms with Gasteiger partial charge in [-0.2, -0.15) is 0 Å². The van der Waals surface area contributed by atoms with Gasteiger partial charge in [-0.05, 0) is 53.8 Å². The minimum Gasteiger partial charge on any atom is -0.0783 e. The lowest BCUT2D eigenvalue weighted by Gasteiger charge is -2.68. The fourth-order valence-corrected chi connectivity index (χ4v) is 6.02. The van der Waals surface area contributed by atoms with E-state index in [1.165, 1.54) is 25.7 Å². The van der Waals surface area contributed by atoms with Crippen LogP contribution in [0.3, 0.4) is 0 Å². The molecule has 2 aliphatic carbocycles. The maximum atomic E-state index is 2.68. The van der Waals surface area contributed by atoms with Crippen molar-refractivity contribution < 1.29 is 0 Å². The van der Waals surface area contributed by atoms with Gasteiger partial charge in [0.25, 0.3) is 0 Å². The average molecular weight is 277 g/mol. The van der Waals surface area contributed by atoms with Crippen LogP contribution in [0.15, 0.2) is 11.6 Å². The molecular weight excluding hydrogens is 240 g/mol. The Morgan fingerprint density at radius 2 is 1.85 bits per heavy atom. The molecule has 0 N–H and O–H groups in total. The van der Waals surface area contributed by atoms with Crippen molar-refractivity contribution in [1.29, 1.82) is 0 Å². The second-order valence-electron chi connectivity index (χ2n) is 8.95. The third-order valence-corrected chi connectivity index (χ3v) is 7.60. The van der Waals surface area contributed by atoms with Crippen molar-refractivity contribution in [3.05, 3.63) is 11.6 Å². The van der Waals surface area contributed by atoms with E-state index in [-0.39, 0.29) is 0 Å². The first kappa shape index (κ1) is 16.1. The van der Waals surface area contributed by atoms with Crippen molar-refractivity contribution in [3.8, 4) is 0 Å². The summed E-state index contributed by atoms with van der Waals surface area (Å²) in [6, 6.07) is 0. The normalized spacial score (nSPS) is 44.3. The molecule has 1 saturated carbocycles. The molecule has 0 bridgehead atoms. The predicted molar refractivity (Wildman–Crippen MR) is 89.7 cm³/mol. The molecule has 2 aliphatic rings. The topological polar surface area (TPSA) is 0 Å². The molecule has 2 rings (SSSR count). The molecule has 20 heavy (non-hydrogen) atoms. The van der Waals surface area contributed by atoms with Gasteiger partial charge in [-0.15, -0.1) is 0 Å². The monoisotopic (exact) mass is 276 g/mol. The van der Waals surface area contributed by atoms with Gasteiger partial charge in [0, 0.05) is 0 Å². The summed E-state index contributed by atoms with van der Waals surface area (Å²) in [6.07, 6.45) is 8.13. The number of hydrogen-bond donors (Lipinski definition) is 0. The van der Waals surface area contributed by atoms with Gasteiger partial charge in [-0.25, -0.2) is 0 Å². The fraction of sp³-hybridized carbons (Fsp3) is 0.900. The van der Waals surface area contributed by atoms with Gasteiger partial charge in [0.2, 0.25) is 0 Å². The lowest BCUT2D eigenvalue weighted by molar-refractivity contribution is -0.143. The van der Waals surface area contributed by atoms with Gasteiger partial charge < -0.3 is 0 Å². The number of hydrogen-bond acceptors (Lipinski definition) is 0. The van der Waals surface area contributed by atoms with Gasteiger partial charge in [0.15, 0.2) is 0 Å². The van der Waals surface area contributed by atoms with E-state index < -0.39 is 0 Å². The van der Waals surface area contributed by atoms with Crippen LogP contribution < -0.4 is 0 Å². The third-order valence-electron chi connectivity index (χ3n) is 7.60. The molecular formula is C20H36. The van der Waals surface area contributed by atoms with Gasteiger partial charge in [0.05, 0.1) is 0 Å². The molecule has 0 aliphatic heterocycles. The predicted octanol–water partition coefficient (Wildman–Crippen LogP) is 6.47. The highest BCUT2D eigenvalue weighted by Crippen LogP contribution is 2.71. The van der Waals surface area contributed by atoms with Gasteiger partial charge in [-0.1, -0.05) is 73.0 Å². The van der Waals surface area contributed by atoms with Crippen molar-refractivity contribution in [2.45, 2.75) is 81.1 Å². The van der Waals surface area contributed by atoms with Crippen LogP contribution in [0.25, 0.3) is 0 Å². The van der Waals surface area contributed by atoms with E-state index in [4.69, 9.17) is 0 Å². The zero-order valence-corrected chi connectivity index (χ0v) is 15.1. The van der Waals surface area contributed by atoms with E-state index in [9.17, 15) is 0 Å². The summed E-state index contributed by atoms with van der Waals surface area (Å²) in [5, 5.41) is 0. The molecule has 0 saturated heterocycles. The molecule has 116 valence electrons. The zero-order valence-electron chi connectivity index (χ0n) is 15.1. The molecule has 1 fully saturated rings. The quantitative estimate of drug-likeness (QED) is 0.516. The minimum absolute atomic E-state index is 0.352. The van der Waals surface area contributed by atoms with Crippen LogP contribution in [0.4, 0.5) is 0 Å². The van der Waals surface area contributed by atoms with Crippen LogP contribution in [0.1, 0.15) is 81.1 Å². The van der Waals surface area contributed by atoms with E-state index in [0.29, 0.717) is 16.2 Å². The first-order valence-corrected chi connectivity index (χ1v) is 8.81. The highest BCUT2D eigenvalue weighted by molar-refractivity contribution is 5.31. The number of fused-ring (bicyclic) bond motifs is 1.